The Kier molecular flexibility index (Phi) is 8.06. The van der Waals surface area contributed by atoms with Gasteiger partial charge in [-0.2, -0.15) is 4.98 Å². The van der Waals surface area contributed by atoms with Gasteiger partial charge >= 0.3 is 5.69 Å². The fourth-order valence-corrected chi connectivity index (χ4v) is 5.75. The van der Waals surface area contributed by atoms with Gasteiger partial charge in [0.05, 0.1) is 12.5 Å². The van der Waals surface area contributed by atoms with E-state index in [9.17, 15) is 4.79 Å². The van der Waals surface area contributed by atoms with E-state index in [1.54, 1.807) is 0 Å². The molecule has 1 unspecified atom stereocenters. The van der Waals surface area contributed by atoms with Crippen LogP contribution in [0.4, 0.5) is 10.2 Å². The SMILES string of the molecule is CC(C)(C)[Si](C)(C)OC[C@@]1(CCl)O[C@@H](n2ccc(N)nc2=O)[C@@H](F)C1O[Si](C)(C)C(C)(C)C. The molecular weight excluding hydrogens is 481 g/mol. The van der Waals surface area contributed by atoms with Gasteiger partial charge in [-0.1, -0.05) is 41.5 Å². The lowest BCUT2D eigenvalue weighted by Crippen LogP contribution is -2.57. The Bertz CT molecular complexity index is 901. The van der Waals surface area contributed by atoms with Crippen molar-refractivity contribution in [2.75, 3.05) is 18.2 Å². The van der Waals surface area contributed by atoms with Gasteiger partial charge in [-0.05, 0) is 42.3 Å². The van der Waals surface area contributed by atoms with E-state index in [1.807, 2.05) is 0 Å². The van der Waals surface area contributed by atoms with E-state index in [0.29, 0.717) is 0 Å². The first-order chi connectivity index (χ1) is 14.8. The first-order valence-corrected chi connectivity index (χ1v) is 17.7. The summed E-state index contributed by atoms with van der Waals surface area (Å²) in [5, 5.41) is -0.218. The highest BCUT2D eigenvalue weighted by atomic mass is 35.5. The quantitative estimate of drug-likeness (QED) is 0.397. The highest BCUT2D eigenvalue weighted by Gasteiger charge is 2.60. The maximum atomic E-state index is 16.1. The summed E-state index contributed by atoms with van der Waals surface area (Å²) < 4.78 is 36.5. The minimum atomic E-state index is -2.43. The third kappa shape index (κ3) is 5.73. The Morgan fingerprint density at radius 1 is 1.18 bits per heavy atom. The second kappa shape index (κ2) is 9.35. The summed E-state index contributed by atoms with van der Waals surface area (Å²) in [5.74, 6) is 0.0122. The third-order valence-electron chi connectivity index (χ3n) is 7.50. The summed E-state index contributed by atoms with van der Waals surface area (Å²) >= 11 is 6.48. The van der Waals surface area contributed by atoms with Crippen LogP contribution >= 0.6 is 11.6 Å². The first kappa shape index (κ1) is 28.5. The van der Waals surface area contributed by atoms with E-state index in [2.05, 4.69) is 72.7 Å². The molecule has 2 N–H and O–H groups in total. The number of nitrogens with zero attached hydrogens (tertiary/aromatic N) is 2. The zero-order chi connectivity index (χ0) is 25.6. The lowest BCUT2D eigenvalue weighted by molar-refractivity contribution is -0.110. The molecule has 1 saturated heterocycles. The number of nitrogens with two attached hydrogens (primary N) is 1. The van der Waals surface area contributed by atoms with Gasteiger partial charge in [0.25, 0.3) is 0 Å². The summed E-state index contributed by atoms with van der Waals surface area (Å²) in [6, 6.07) is 1.44. The summed E-state index contributed by atoms with van der Waals surface area (Å²) in [6.07, 6.45) is -2.51. The van der Waals surface area contributed by atoms with Gasteiger partial charge in [0.2, 0.25) is 0 Å². The molecule has 1 aromatic rings. The van der Waals surface area contributed by atoms with Crippen molar-refractivity contribution in [2.45, 2.75) is 102 Å². The number of hydrogen-bond donors (Lipinski definition) is 1. The maximum absolute atomic E-state index is 16.1. The molecule has 0 spiro atoms. The van der Waals surface area contributed by atoms with Crippen LogP contribution in [0.2, 0.25) is 36.3 Å². The largest absolute Gasteiger partial charge is 0.414 e. The highest BCUT2D eigenvalue weighted by molar-refractivity contribution is 6.74. The fourth-order valence-electron chi connectivity index (χ4n) is 3.09. The normalized spacial score (nSPS) is 27.2. The molecular formula is C22H41ClFN3O4Si2. The van der Waals surface area contributed by atoms with E-state index in [-0.39, 0.29) is 28.4 Å². The van der Waals surface area contributed by atoms with Crippen LogP contribution in [0.25, 0.3) is 0 Å². The number of ether oxygens (including phenoxy) is 1. The predicted octanol–water partition coefficient (Wildman–Crippen LogP) is 5.08. The van der Waals surface area contributed by atoms with Crippen LogP contribution in [0.3, 0.4) is 0 Å². The Labute approximate surface area is 204 Å². The summed E-state index contributed by atoms with van der Waals surface area (Å²) in [5.41, 5.74) is 3.66. The predicted molar refractivity (Wildman–Crippen MR) is 137 cm³/mol. The van der Waals surface area contributed by atoms with Gasteiger partial charge in [0, 0.05) is 6.20 Å². The topological polar surface area (TPSA) is 88.6 Å². The summed E-state index contributed by atoms with van der Waals surface area (Å²) in [7, 11) is -4.63. The summed E-state index contributed by atoms with van der Waals surface area (Å²) in [6.45, 7) is 21.1. The van der Waals surface area contributed by atoms with E-state index >= 15 is 4.39 Å². The van der Waals surface area contributed by atoms with Gasteiger partial charge in [0.1, 0.15) is 17.5 Å². The fraction of sp³-hybridized carbons (Fsp3) is 0.818. The smallest absolute Gasteiger partial charge is 0.351 e. The molecule has 1 aromatic heterocycles. The van der Waals surface area contributed by atoms with Gasteiger partial charge < -0.3 is 19.3 Å². The van der Waals surface area contributed by atoms with Crippen LogP contribution in [0.15, 0.2) is 17.1 Å². The second-order valence-electron chi connectivity index (χ2n) is 12.0. The van der Waals surface area contributed by atoms with Gasteiger partial charge in [-0.15, -0.1) is 11.6 Å². The lowest BCUT2D eigenvalue weighted by atomic mass is 9.99. The van der Waals surface area contributed by atoms with Crippen molar-refractivity contribution in [3.63, 3.8) is 0 Å². The number of anilines is 1. The number of halogens is 2. The van der Waals surface area contributed by atoms with Crippen molar-refractivity contribution in [3.8, 4) is 0 Å². The zero-order valence-electron chi connectivity index (χ0n) is 21.7. The average molecular weight is 522 g/mol. The molecule has 0 bridgehead atoms. The van der Waals surface area contributed by atoms with Crippen molar-refractivity contribution in [1.82, 2.24) is 9.55 Å². The monoisotopic (exact) mass is 521 g/mol. The van der Waals surface area contributed by atoms with Crippen molar-refractivity contribution in [2.24, 2.45) is 0 Å². The standard InChI is InChI=1S/C22H41ClFN3O4Si2/c1-20(2,3)32(7,8)29-14-22(13-23)17(31-33(9,10)21(4,5)6)16(24)18(30-22)27-12-11-15(25)26-19(27)28/h11-12,16-18H,13-14H2,1-10H3,(H2,25,26,28)/t16-,17?,18+,22+/m0/s1. The summed E-state index contributed by atoms with van der Waals surface area (Å²) in [4.78, 5) is 16.2. The average Bonchev–Trinajstić information content (AvgIpc) is 2.91. The highest BCUT2D eigenvalue weighted by Crippen LogP contribution is 2.47. The molecule has 0 amide bonds. The maximum Gasteiger partial charge on any atom is 0.351 e. The Morgan fingerprint density at radius 3 is 2.18 bits per heavy atom. The van der Waals surface area contributed by atoms with E-state index in [0.717, 1.165) is 4.57 Å². The lowest BCUT2D eigenvalue weighted by Gasteiger charge is -2.44. The van der Waals surface area contributed by atoms with Crippen LogP contribution in [0.1, 0.15) is 47.8 Å². The molecule has 0 radical (unpaired) electrons. The number of hydrogen-bond acceptors (Lipinski definition) is 6. The molecule has 0 aliphatic carbocycles. The van der Waals surface area contributed by atoms with E-state index < -0.39 is 46.4 Å². The molecule has 1 fully saturated rings. The van der Waals surface area contributed by atoms with Gasteiger partial charge in [-0.3, -0.25) is 4.57 Å². The van der Waals surface area contributed by atoms with Crippen LogP contribution in [0.5, 0.6) is 0 Å². The Morgan fingerprint density at radius 2 is 1.73 bits per heavy atom. The number of aromatic nitrogens is 2. The van der Waals surface area contributed by atoms with Crippen LogP contribution in [0, 0.1) is 0 Å². The molecule has 33 heavy (non-hydrogen) atoms. The minimum absolute atomic E-state index is 0.0466. The molecule has 190 valence electrons. The Hall–Kier alpha value is -0.786. The van der Waals surface area contributed by atoms with Crippen molar-refractivity contribution in [1.29, 1.82) is 0 Å². The number of alkyl halides is 2. The second-order valence-corrected chi connectivity index (χ2v) is 21.9. The molecule has 2 rings (SSSR count). The van der Waals surface area contributed by atoms with Crippen molar-refractivity contribution >= 4 is 34.1 Å². The van der Waals surface area contributed by atoms with Crippen LogP contribution < -0.4 is 11.4 Å². The molecule has 0 aromatic carbocycles. The van der Waals surface area contributed by atoms with Crippen molar-refractivity contribution < 1.29 is 18.0 Å². The van der Waals surface area contributed by atoms with Gasteiger partial charge in [0.15, 0.2) is 29.0 Å². The molecule has 1 aliphatic heterocycles. The molecule has 7 nitrogen and oxygen atoms in total. The first-order valence-electron chi connectivity index (χ1n) is 11.3. The van der Waals surface area contributed by atoms with E-state index in [1.165, 1.54) is 12.3 Å². The molecule has 1 aliphatic rings. The number of rotatable bonds is 7. The van der Waals surface area contributed by atoms with Crippen LogP contribution in [-0.2, 0) is 13.6 Å². The Balaban J connectivity index is 2.53. The van der Waals surface area contributed by atoms with Crippen molar-refractivity contribution in [3.05, 3.63) is 22.7 Å². The van der Waals surface area contributed by atoms with E-state index in [4.69, 9.17) is 30.9 Å². The molecule has 11 heteroatoms. The molecule has 4 atom stereocenters. The van der Waals surface area contributed by atoms with Gasteiger partial charge in [-0.25, -0.2) is 9.18 Å². The minimum Gasteiger partial charge on any atom is -0.414 e. The number of nitrogen functional groups attached to an aromatic ring is 1. The molecule has 2 heterocycles. The molecule has 0 saturated carbocycles. The third-order valence-corrected chi connectivity index (χ3v) is 16.9. The van der Waals surface area contributed by atoms with Crippen LogP contribution in [-0.4, -0.2) is 56.5 Å². The zero-order valence-corrected chi connectivity index (χ0v) is 24.4.